The first-order valence-electron chi connectivity index (χ1n) is 4.47. The predicted octanol–water partition coefficient (Wildman–Crippen LogP) is 3.65. The van der Waals surface area contributed by atoms with E-state index in [9.17, 15) is 8.78 Å². The standard InChI is InChI=1S/C11H11F2N/c1-7-9-5-3-4-6-10(9)8(2)14(7)11(12)13/h3-6,11H,1-2H3. The number of benzene rings is 1. The molecule has 0 N–H and O–H groups in total. The lowest BCUT2D eigenvalue weighted by Gasteiger charge is -2.06. The summed E-state index contributed by atoms with van der Waals surface area (Å²) in [5.74, 6) is 0. The van der Waals surface area contributed by atoms with Crippen LogP contribution in [0.4, 0.5) is 8.78 Å². The van der Waals surface area contributed by atoms with E-state index in [0.29, 0.717) is 11.4 Å². The molecule has 0 atom stereocenters. The van der Waals surface area contributed by atoms with Gasteiger partial charge in [0.05, 0.1) is 0 Å². The van der Waals surface area contributed by atoms with E-state index in [1.807, 2.05) is 24.3 Å². The summed E-state index contributed by atoms with van der Waals surface area (Å²) in [7, 11) is 0. The number of hydrogen-bond donors (Lipinski definition) is 0. The van der Waals surface area contributed by atoms with E-state index < -0.39 is 6.55 Å². The summed E-state index contributed by atoms with van der Waals surface area (Å²) in [6.07, 6.45) is 0. The molecule has 1 aromatic heterocycles. The molecule has 1 heterocycles. The SMILES string of the molecule is Cc1c2ccccc2c(C)n1C(F)F. The molecule has 1 nitrogen and oxygen atoms in total. The van der Waals surface area contributed by atoms with Crippen molar-refractivity contribution < 1.29 is 8.78 Å². The number of alkyl halides is 2. The zero-order valence-corrected chi connectivity index (χ0v) is 8.09. The van der Waals surface area contributed by atoms with Gasteiger partial charge in [-0.2, -0.15) is 8.78 Å². The average molecular weight is 195 g/mol. The van der Waals surface area contributed by atoms with E-state index in [0.717, 1.165) is 15.3 Å². The Bertz CT molecular complexity index is 432. The summed E-state index contributed by atoms with van der Waals surface area (Å²) in [5, 5.41) is 1.82. The Hall–Kier alpha value is -1.38. The van der Waals surface area contributed by atoms with E-state index in [-0.39, 0.29) is 0 Å². The second-order valence-electron chi connectivity index (χ2n) is 3.36. The van der Waals surface area contributed by atoms with Crippen molar-refractivity contribution in [1.29, 1.82) is 0 Å². The van der Waals surface area contributed by atoms with Crippen molar-refractivity contribution in [3.63, 3.8) is 0 Å². The molecule has 0 saturated carbocycles. The van der Waals surface area contributed by atoms with Gasteiger partial charge in [-0.05, 0) is 13.8 Å². The number of aromatic nitrogens is 1. The van der Waals surface area contributed by atoms with E-state index in [4.69, 9.17) is 0 Å². The third-order valence-corrected chi connectivity index (χ3v) is 2.62. The van der Waals surface area contributed by atoms with Crippen molar-refractivity contribution >= 4 is 10.8 Å². The largest absolute Gasteiger partial charge is 0.318 e. The lowest BCUT2D eigenvalue weighted by molar-refractivity contribution is 0.0671. The van der Waals surface area contributed by atoms with Crippen LogP contribution < -0.4 is 0 Å². The predicted molar refractivity (Wildman–Crippen MR) is 52.7 cm³/mol. The van der Waals surface area contributed by atoms with Crippen molar-refractivity contribution in [2.24, 2.45) is 0 Å². The Balaban J connectivity index is 2.85. The molecule has 0 fully saturated rings. The molecular weight excluding hydrogens is 184 g/mol. The van der Waals surface area contributed by atoms with Crippen LogP contribution in [0.25, 0.3) is 10.8 Å². The van der Waals surface area contributed by atoms with E-state index in [2.05, 4.69) is 0 Å². The molecule has 0 bridgehead atoms. The zero-order valence-electron chi connectivity index (χ0n) is 8.09. The van der Waals surface area contributed by atoms with Crippen LogP contribution in [0.3, 0.4) is 0 Å². The maximum atomic E-state index is 12.7. The molecule has 0 aliphatic carbocycles. The number of fused-ring (bicyclic) bond motifs is 1. The van der Waals surface area contributed by atoms with Gasteiger partial charge in [0.2, 0.25) is 0 Å². The highest BCUT2D eigenvalue weighted by molar-refractivity contribution is 5.88. The molecule has 2 aromatic rings. The maximum absolute atomic E-state index is 12.7. The lowest BCUT2D eigenvalue weighted by Crippen LogP contribution is -2.01. The molecule has 0 aliphatic rings. The molecule has 0 amide bonds. The Labute approximate surface area is 81.0 Å². The minimum Gasteiger partial charge on any atom is -0.292 e. The molecule has 0 unspecified atom stereocenters. The van der Waals surface area contributed by atoms with Gasteiger partial charge in [-0.3, -0.25) is 4.57 Å². The molecule has 1 aromatic carbocycles. The topological polar surface area (TPSA) is 4.93 Å². The van der Waals surface area contributed by atoms with Crippen LogP contribution in [-0.2, 0) is 0 Å². The summed E-state index contributed by atoms with van der Waals surface area (Å²) in [4.78, 5) is 0. The molecule has 14 heavy (non-hydrogen) atoms. The molecule has 0 spiro atoms. The minimum absolute atomic E-state index is 0.633. The van der Waals surface area contributed by atoms with Gasteiger partial charge < -0.3 is 0 Å². The third-order valence-electron chi connectivity index (χ3n) is 2.62. The van der Waals surface area contributed by atoms with Crippen LogP contribution in [0.5, 0.6) is 0 Å². The Kier molecular flexibility index (Phi) is 2.02. The molecular formula is C11H11F2N. The van der Waals surface area contributed by atoms with E-state index in [1.54, 1.807) is 13.8 Å². The van der Waals surface area contributed by atoms with Gasteiger partial charge in [0.15, 0.2) is 0 Å². The summed E-state index contributed by atoms with van der Waals surface area (Å²) >= 11 is 0. The van der Waals surface area contributed by atoms with Crippen LogP contribution >= 0.6 is 0 Å². The van der Waals surface area contributed by atoms with Crippen molar-refractivity contribution in [2.75, 3.05) is 0 Å². The van der Waals surface area contributed by atoms with Gasteiger partial charge in [-0.1, -0.05) is 24.3 Å². The highest BCUT2D eigenvalue weighted by Gasteiger charge is 2.15. The van der Waals surface area contributed by atoms with Crippen LogP contribution in [0, 0.1) is 13.8 Å². The first-order valence-corrected chi connectivity index (χ1v) is 4.47. The number of hydrogen-bond acceptors (Lipinski definition) is 0. The fourth-order valence-corrected chi connectivity index (χ4v) is 1.92. The number of nitrogens with zero attached hydrogens (tertiary/aromatic N) is 1. The van der Waals surface area contributed by atoms with Gasteiger partial charge in [-0.25, -0.2) is 0 Å². The molecule has 2 rings (SSSR count). The van der Waals surface area contributed by atoms with Crippen molar-refractivity contribution in [2.45, 2.75) is 20.4 Å². The fourth-order valence-electron chi connectivity index (χ4n) is 1.92. The number of halogens is 2. The van der Waals surface area contributed by atoms with E-state index in [1.165, 1.54) is 0 Å². The normalized spacial score (nSPS) is 11.5. The quantitative estimate of drug-likeness (QED) is 0.654. The van der Waals surface area contributed by atoms with Gasteiger partial charge in [-0.15, -0.1) is 0 Å². The smallest absolute Gasteiger partial charge is 0.292 e. The molecule has 0 radical (unpaired) electrons. The molecule has 0 aliphatic heterocycles. The first-order chi connectivity index (χ1) is 6.63. The number of rotatable bonds is 1. The van der Waals surface area contributed by atoms with Gasteiger partial charge in [0.25, 0.3) is 0 Å². The van der Waals surface area contributed by atoms with Gasteiger partial charge in [0.1, 0.15) is 0 Å². The maximum Gasteiger partial charge on any atom is 0.318 e. The van der Waals surface area contributed by atoms with Gasteiger partial charge >= 0.3 is 6.55 Å². The highest BCUT2D eigenvalue weighted by atomic mass is 19.3. The van der Waals surface area contributed by atoms with Crippen LogP contribution in [0.1, 0.15) is 17.9 Å². The van der Waals surface area contributed by atoms with Gasteiger partial charge in [0, 0.05) is 22.2 Å². The Morgan fingerprint density at radius 2 is 1.43 bits per heavy atom. The minimum atomic E-state index is -2.46. The third kappa shape index (κ3) is 1.12. The summed E-state index contributed by atoms with van der Waals surface area (Å²) in [6.45, 7) is 0.991. The molecule has 74 valence electrons. The van der Waals surface area contributed by atoms with Crippen LogP contribution in [-0.4, -0.2) is 4.57 Å². The molecule has 3 heteroatoms. The average Bonchev–Trinajstić information content (AvgIpc) is 2.41. The molecule has 0 saturated heterocycles. The Morgan fingerprint density at radius 3 is 1.79 bits per heavy atom. The summed E-state index contributed by atoms with van der Waals surface area (Å²) < 4.78 is 26.5. The number of aryl methyl sites for hydroxylation is 2. The van der Waals surface area contributed by atoms with Crippen LogP contribution in [0.15, 0.2) is 24.3 Å². The monoisotopic (exact) mass is 195 g/mol. The van der Waals surface area contributed by atoms with Crippen molar-refractivity contribution in [1.82, 2.24) is 4.57 Å². The fraction of sp³-hybridized carbons (Fsp3) is 0.273. The lowest BCUT2D eigenvalue weighted by atomic mass is 10.1. The summed E-state index contributed by atoms with van der Waals surface area (Å²) in [6, 6.07) is 7.47. The van der Waals surface area contributed by atoms with E-state index >= 15 is 0 Å². The summed E-state index contributed by atoms with van der Waals surface area (Å²) in [5.41, 5.74) is 1.27. The zero-order chi connectivity index (χ0) is 10.3. The van der Waals surface area contributed by atoms with Crippen molar-refractivity contribution in [3.05, 3.63) is 35.7 Å². The Morgan fingerprint density at radius 1 is 1.00 bits per heavy atom. The second-order valence-corrected chi connectivity index (χ2v) is 3.36. The second kappa shape index (κ2) is 3.08. The van der Waals surface area contributed by atoms with Crippen LogP contribution in [0.2, 0.25) is 0 Å². The highest BCUT2D eigenvalue weighted by Crippen LogP contribution is 2.29. The van der Waals surface area contributed by atoms with Crippen molar-refractivity contribution in [3.8, 4) is 0 Å². The first kappa shape index (κ1) is 9.19.